The van der Waals surface area contributed by atoms with Crippen molar-refractivity contribution in [3.63, 3.8) is 0 Å². The quantitative estimate of drug-likeness (QED) is 0.780. The molecule has 106 valence electrons. The molecule has 0 aromatic rings. The topological polar surface area (TPSA) is 32.8 Å². The number of nitrogens with zero attached hydrogens (tertiary/aromatic N) is 2. The van der Waals surface area contributed by atoms with E-state index in [9.17, 15) is 13.6 Å². The van der Waals surface area contributed by atoms with Gasteiger partial charge in [0.25, 0.3) is 6.43 Å². The largest absolute Gasteiger partial charge is 0.444 e. The highest BCUT2D eigenvalue weighted by Crippen LogP contribution is 2.19. The lowest BCUT2D eigenvalue weighted by molar-refractivity contribution is -0.0254. The maximum atomic E-state index is 12.3. The maximum Gasteiger partial charge on any atom is 0.410 e. The van der Waals surface area contributed by atoms with Crippen molar-refractivity contribution in [1.82, 2.24) is 9.80 Å². The summed E-state index contributed by atoms with van der Waals surface area (Å²) in [5.41, 5.74) is -0.518. The van der Waals surface area contributed by atoms with Crippen molar-refractivity contribution >= 4 is 6.09 Å². The number of likely N-dealkylation sites (N-methyl/N-ethyl adjacent to an activating group) is 1. The van der Waals surface area contributed by atoms with Gasteiger partial charge in [-0.05, 0) is 27.3 Å². The van der Waals surface area contributed by atoms with Crippen LogP contribution in [0, 0.1) is 0 Å². The first-order valence-electron chi connectivity index (χ1n) is 6.23. The van der Waals surface area contributed by atoms with Gasteiger partial charge in [0.05, 0.1) is 6.54 Å². The van der Waals surface area contributed by atoms with Crippen LogP contribution in [0.25, 0.3) is 0 Å². The Bertz CT molecular complexity index is 286. The second-order valence-electron chi connectivity index (χ2n) is 5.52. The summed E-state index contributed by atoms with van der Waals surface area (Å²) in [6.07, 6.45) is -2.70. The zero-order valence-corrected chi connectivity index (χ0v) is 11.4. The molecular formula is C12H22F2N2O2. The molecule has 0 aromatic heterocycles. The lowest BCUT2D eigenvalue weighted by atomic mass is 10.1. The van der Waals surface area contributed by atoms with Crippen molar-refractivity contribution in [2.24, 2.45) is 0 Å². The summed E-state index contributed by atoms with van der Waals surface area (Å²) >= 11 is 0. The minimum Gasteiger partial charge on any atom is -0.444 e. The molecule has 0 bridgehead atoms. The predicted molar refractivity (Wildman–Crippen MR) is 64.8 cm³/mol. The lowest BCUT2D eigenvalue weighted by Gasteiger charge is -2.45. The number of halogens is 2. The van der Waals surface area contributed by atoms with Crippen molar-refractivity contribution in [2.45, 2.75) is 45.8 Å². The number of ether oxygens (including phenoxy) is 1. The molecule has 1 rings (SSSR count). The molecule has 0 saturated carbocycles. The van der Waals surface area contributed by atoms with E-state index < -0.39 is 12.0 Å². The van der Waals surface area contributed by atoms with E-state index in [1.54, 1.807) is 30.6 Å². The highest BCUT2D eigenvalue weighted by molar-refractivity contribution is 5.69. The second-order valence-corrected chi connectivity index (χ2v) is 5.52. The van der Waals surface area contributed by atoms with Gasteiger partial charge in [-0.25, -0.2) is 13.6 Å². The van der Waals surface area contributed by atoms with Crippen molar-refractivity contribution in [3.8, 4) is 0 Å². The summed E-state index contributed by atoms with van der Waals surface area (Å²) in [6.45, 7) is 8.52. The number of alkyl halides is 2. The molecule has 6 heteroatoms. The summed E-state index contributed by atoms with van der Waals surface area (Å²) < 4.78 is 29.9. The van der Waals surface area contributed by atoms with Gasteiger partial charge in [-0.2, -0.15) is 0 Å². The molecule has 0 unspecified atom stereocenters. The van der Waals surface area contributed by atoms with E-state index in [1.807, 2.05) is 6.92 Å². The Balaban J connectivity index is 2.36. The first-order valence-corrected chi connectivity index (χ1v) is 6.23. The van der Waals surface area contributed by atoms with Gasteiger partial charge in [-0.1, -0.05) is 6.92 Å². The van der Waals surface area contributed by atoms with Crippen LogP contribution in [0.15, 0.2) is 0 Å². The molecule has 0 N–H and O–H groups in total. The molecule has 0 aliphatic carbocycles. The third-order valence-corrected chi connectivity index (χ3v) is 2.81. The molecule has 1 amide bonds. The van der Waals surface area contributed by atoms with E-state index in [2.05, 4.69) is 0 Å². The Kier molecular flexibility index (Phi) is 4.90. The standard InChI is InChI=1S/C12H22F2N2O2/c1-5-15(8-10(13)14)9-6-16(7-9)11(17)18-12(2,3)4/h9-10H,5-8H2,1-4H3. The highest BCUT2D eigenvalue weighted by Gasteiger charge is 2.37. The first kappa shape index (κ1) is 15.1. The van der Waals surface area contributed by atoms with Crippen molar-refractivity contribution in [1.29, 1.82) is 0 Å². The van der Waals surface area contributed by atoms with E-state index in [0.717, 1.165) is 0 Å². The number of rotatable bonds is 4. The molecule has 18 heavy (non-hydrogen) atoms. The molecule has 1 heterocycles. The minimum atomic E-state index is -2.33. The molecule has 1 aliphatic rings. The Labute approximate surface area is 107 Å². The average Bonchev–Trinajstić information content (AvgIpc) is 2.09. The molecule has 1 fully saturated rings. The van der Waals surface area contributed by atoms with Crippen LogP contribution in [0.3, 0.4) is 0 Å². The second kappa shape index (κ2) is 5.82. The van der Waals surface area contributed by atoms with Crippen molar-refractivity contribution in [3.05, 3.63) is 0 Å². The predicted octanol–water partition coefficient (Wildman–Crippen LogP) is 2.19. The van der Waals surface area contributed by atoms with Crippen LogP contribution < -0.4 is 0 Å². The van der Waals surface area contributed by atoms with E-state index in [1.165, 1.54) is 0 Å². The van der Waals surface area contributed by atoms with E-state index in [0.29, 0.717) is 19.6 Å². The molecule has 1 saturated heterocycles. The van der Waals surface area contributed by atoms with Crippen molar-refractivity contribution in [2.75, 3.05) is 26.2 Å². The fourth-order valence-corrected chi connectivity index (χ4v) is 1.88. The molecule has 0 aromatic carbocycles. The summed E-state index contributed by atoms with van der Waals surface area (Å²) in [4.78, 5) is 14.9. The third kappa shape index (κ3) is 4.40. The van der Waals surface area contributed by atoms with Crippen LogP contribution in [0.2, 0.25) is 0 Å². The first-order chi connectivity index (χ1) is 8.23. The Morgan fingerprint density at radius 3 is 2.39 bits per heavy atom. The molecular weight excluding hydrogens is 242 g/mol. The highest BCUT2D eigenvalue weighted by atomic mass is 19.3. The number of carbonyl (C=O) groups is 1. The van der Waals surface area contributed by atoms with Crippen LogP contribution in [0.1, 0.15) is 27.7 Å². The van der Waals surface area contributed by atoms with Gasteiger partial charge in [0.15, 0.2) is 0 Å². The Morgan fingerprint density at radius 2 is 2.00 bits per heavy atom. The maximum absolute atomic E-state index is 12.3. The van der Waals surface area contributed by atoms with E-state index in [4.69, 9.17) is 4.74 Å². The van der Waals surface area contributed by atoms with Crippen LogP contribution >= 0.6 is 0 Å². The van der Waals surface area contributed by atoms with Gasteiger partial charge >= 0.3 is 6.09 Å². The summed E-state index contributed by atoms with van der Waals surface area (Å²) in [6, 6.07) is 0.0246. The van der Waals surface area contributed by atoms with E-state index >= 15 is 0 Å². The SMILES string of the molecule is CCN(CC(F)F)C1CN(C(=O)OC(C)(C)C)C1. The van der Waals surface area contributed by atoms with E-state index in [-0.39, 0.29) is 18.7 Å². The Hall–Kier alpha value is -0.910. The smallest absolute Gasteiger partial charge is 0.410 e. The van der Waals surface area contributed by atoms with Crippen molar-refractivity contribution < 1.29 is 18.3 Å². The van der Waals surface area contributed by atoms with Gasteiger partial charge in [-0.15, -0.1) is 0 Å². The van der Waals surface area contributed by atoms with Crippen LogP contribution in [0.4, 0.5) is 13.6 Å². The molecule has 0 atom stereocenters. The number of hydrogen-bond acceptors (Lipinski definition) is 3. The zero-order valence-electron chi connectivity index (χ0n) is 11.4. The normalized spacial score (nSPS) is 17.2. The van der Waals surface area contributed by atoms with Gasteiger partial charge < -0.3 is 9.64 Å². The zero-order chi connectivity index (χ0) is 13.9. The van der Waals surface area contributed by atoms with Gasteiger partial charge in [0, 0.05) is 19.1 Å². The average molecular weight is 264 g/mol. The molecule has 0 radical (unpaired) electrons. The summed E-state index contributed by atoms with van der Waals surface area (Å²) in [5.74, 6) is 0. The van der Waals surface area contributed by atoms with Crippen LogP contribution in [-0.2, 0) is 4.74 Å². The molecule has 1 aliphatic heterocycles. The number of amides is 1. The van der Waals surface area contributed by atoms with Gasteiger partial charge in [-0.3, -0.25) is 4.90 Å². The van der Waals surface area contributed by atoms with Gasteiger partial charge in [0.2, 0.25) is 0 Å². The fourth-order valence-electron chi connectivity index (χ4n) is 1.88. The number of likely N-dealkylation sites (tertiary alicyclic amines) is 1. The molecule has 0 spiro atoms. The number of carbonyl (C=O) groups excluding carboxylic acids is 1. The molecule has 4 nitrogen and oxygen atoms in total. The summed E-state index contributed by atoms with van der Waals surface area (Å²) in [7, 11) is 0. The lowest BCUT2D eigenvalue weighted by Crippen LogP contribution is -2.62. The van der Waals surface area contributed by atoms with Crippen LogP contribution in [0.5, 0.6) is 0 Å². The third-order valence-electron chi connectivity index (χ3n) is 2.81. The number of hydrogen-bond donors (Lipinski definition) is 0. The minimum absolute atomic E-state index is 0.0246. The van der Waals surface area contributed by atoms with Gasteiger partial charge in [0.1, 0.15) is 5.60 Å². The monoisotopic (exact) mass is 264 g/mol. The Morgan fingerprint density at radius 1 is 1.44 bits per heavy atom. The van der Waals surface area contributed by atoms with Crippen LogP contribution in [-0.4, -0.2) is 60.1 Å². The summed E-state index contributed by atoms with van der Waals surface area (Å²) in [5, 5.41) is 0. The fraction of sp³-hybridized carbons (Fsp3) is 0.917.